The smallest absolute Gasteiger partial charge is 0.408 e. The molecule has 2 atom stereocenters. The summed E-state index contributed by atoms with van der Waals surface area (Å²) in [7, 11) is 0. The molecule has 0 spiro atoms. The lowest BCUT2D eigenvalue weighted by Gasteiger charge is -2.23. The third kappa shape index (κ3) is 7.43. The van der Waals surface area contributed by atoms with E-state index in [0.717, 1.165) is 11.1 Å². The van der Waals surface area contributed by atoms with Crippen molar-refractivity contribution in [3.8, 4) is 0 Å². The standard InChI is InChI=1S/C24H31N5O5/c1-16(2)11-20(28-24(33)34-15-17-7-4-3-5-8-17)22(31)27-19-12-18-13-26-29(14-18)10-6-9-25-23(32)21(19)30/h3-5,7-8,13-14,16,19-20H,6,9-12,15H2,1-2H3,(H,25,32)(H,27,31)(H,28,33). The topological polar surface area (TPSA) is 131 Å². The molecule has 2 heterocycles. The zero-order chi connectivity index (χ0) is 24.5. The highest BCUT2D eigenvalue weighted by Gasteiger charge is 2.31. The lowest BCUT2D eigenvalue weighted by Crippen LogP contribution is -2.55. The number of rotatable bonds is 7. The highest BCUT2D eigenvalue weighted by Crippen LogP contribution is 2.10. The average molecular weight is 470 g/mol. The van der Waals surface area contributed by atoms with Crippen molar-refractivity contribution < 1.29 is 23.9 Å². The van der Waals surface area contributed by atoms with Gasteiger partial charge in [0.15, 0.2) is 0 Å². The van der Waals surface area contributed by atoms with Gasteiger partial charge in [0.1, 0.15) is 18.7 Å². The molecule has 0 aliphatic carbocycles. The summed E-state index contributed by atoms with van der Waals surface area (Å²) in [5.41, 5.74) is 1.54. The predicted octanol–water partition coefficient (Wildman–Crippen LogP) is 1.34. The number of ketones is 1. The molecule has 34 heavy (non-hydrogen) atoms. The summed E-state index contributed by atoms with van der Waals surface area (Å²) in [5, 5.41) is 12.1. The summed E-state index contributed by atoms with van der Waals surface area (Å²) >= 11 is 0. The normalized spacial score (nSPS) is 17.3. The maximum absolute atomic E-state index is 13.1. The maximum atomic E-state index is 13.1. The molecule has 10 nitrogen and oxygen atoms in total. The third-order valence-electron chi connectivity index (χ3n) is 5.36. The van der Waals surface area contributed by atoms with E-state index < -0.39 is 35.8 Å². The minimum Gasteiger partial charge on any atom is -0.445 e. The van der Waals surface area contributed by atoms with E-state index in [9.17, 15) is 19.2 Å². The molecule has 0 saturated carbocycles. The quantitative estimate of drug-likeness (QED) is 0.525. The Hall–Kier alpha value is -3.69. The first kappa shape index (κ1) is 24.9. The monoisotopic (exact) mass is 469 g/mol. The van der Waals surface area contributed by atoms with Gasteiger partial charge in [-0.2, -0.15) is 5.10 Å². The summed E-state index contributed by atoms with van der Waals surface area (Å²) in [4.78, 5) is 50.6. The number of carbonyl (C=O) groups excluding carboxylic acids is 4. The van der Waals surface area contributed by atoms with Crippen LogP contribution in [0.5, 0.6) is 0 Å². The number of amides is 3. The summed E-state index contributed by atoms with van der Waals surface area (Å²) in [6.07, 6.45) is 3.76. The van der Waals surface area contributed by atoms with E-state index in [-0.39, 0.29) is 18.9 Å². The highest BCUT2D eigenvalue weighted by molar-refractivity contribution is 6.38. The molecule has 3 N–H and O–H groups in total. The van der Waals surface area contributed by atoms with Gasteiger partial charge in [0.25, 0.3) is 5.91 Å². The van der Waals surface area contributed by atoms with E-state index in [4.69, 9.17) is 4.74 Å². The van der Waals surface area contributed by atoms with Crippen molar-refractivity contribution >= 4 is 23.7 Å². The molecule has 2 unspecified atom stereocenters. The molecule has 182 valence electrons. The Labute approximate surface area is 198 Å². The molecule has 2 bridgehead atoms. The first-order valence-corrected chi connectivity index (χ1v) is 11.4. The minimum absolute atomic E-state index is 0.0635. The van der Waals surface area contributed by atoms with Gasteiger partial charge in [-0.15, -0.1) is 0 Å². The van der Waals surface area contributed by atoms with Crippen LogP contribution in [0.4, 0.5) is 4.79 Å². The number of fused-ring (bicyclic) bond motifs is 2. The summed E-state index contributed by atoms with van der Waals surface area (Å²) in [6.45, 7) is 4.82. The van der Waals surface area contributed by atoms with E-state index in [2.05, 4.69) is 21.0 Å². The average Bonchev–Trinajstić information content (AvgIpc) is 3.25. The Kier molecular flexibility index (Phi) is 8.78. The fourth-order valence-corrected chi connectivity index (χ4v) is 3.65. The van der Waals surface area contributed by atoms with Crippen molar-refractivity contribution in [2.75, 3.05) is 6.54 Å². The number of carbonyl (C=O) groups is 4. The number of Topliss-reactive ketones (excluding diaryl/α,β-unsaturated/α-hetero) is 1. The molecule has 10 heteroatoms. The number of ether oxygens (including phenoxy) is 1. The highest BCUT2D eigenvalue weighted by atomic mass is 16.5. The molecule has 1 aromatic heterocycles. The van der Waals surface area contributed by atoms with Gasteiger partial charge < -0.3 is 20.7 Å². The minimum atomic E-state index is -1.08. The largest absolute Gasteiger partial charge is 0.445 e. The van der Waals surface area contributed by atoms with Gasteiger partial charge in [-0.3, -0.25) is 19.1 Å². The second kappa shape index (κ2) is 12.0. The molecule has 2 aromatic rings. The molecular formula is C24H31N5O5. The number of benzene rings is 1. The van der Waals surface area contributed by atoms with Gasteiger partial charge in [-0.25, -0.2) is 4.79 Å². The summed E-state index contributed by atoms with van der Waals surface area (Å²) in [6, 6.07) is 7.17. The molecule has 1 aliphatic heterocycles. The van der Waals surface area contributed by atoms with E-state index in [0.29, 0.717) is 25.9 Å². The number of hydrogen-bond donors (Lipinski definition) is 3. The van der Waals surface area contributed by atoms with E-state index in [1.165, 1.54) is 0 Å². The Morgan fingerprint density at radius 2 is 2.00 bits per heavy atom. The van der Waals surface area contributed by atoms with Crippen LogP contribution >= 0.6 is 0 Å². The van der Waals surface area contributed by atoms with Gasteiger partial charge in [0.2, 0.25) is 11.7 Å². The number of aryl methyl sites for hydroxylation is 1. The lowest BCUT2D eigenvalue weighted by atomic mass is 10.0. The molecule has 1 aliphatic rings. The van der Waals surface area contributed by atoms with Crippen LogP contribution in [0.3, 0.4) is 0 Å². The van der Waals surface area contributed by atoms with Gasteiger partial charge >= 0.3 is 6.09 Å². The molecule has 0 saturated heterocycles. The van der Waals surface area contributed by atoms with E-state index >= 15 is 0 Å². The number of nitrogens with one attached hydrogen (secondary N) is 3. The summed E-state index contributed by atoms with van der Waals surface area (Å²) in [5.74, 6) is -1.96. The van der Waals surface area contributed by atoms with Crippen LogP contribution < -0.4 is 16.0 Å². The van der Waals surface area contributed by atoms with Crippen molar-refractivity contribution in [2.24, 2.45) is 5.92 Å². The van der Waals surface area contributed by atoms with Gasteiger partial charge in [-0.1, -0.05) is 44.2 Å². The van der Waals surface area contributed by atoms with Crippen molar-refractivity contribution in [3.63, 3.8) is 0 Å². The Morgan fingerprint density at radius 3 is 2.74 bits per heavy atom. The molecular weight excluding hydrogens is 438 g/mol. The van der Waals surface area contributed by atoms with Crippen LogP contribution in [0.25, 0.3) is 0 Å². The lowest BCUT2D eigenvalue weighted by molar-refractivity contribution is -0.140. The summed E-state index contributed by atoms with van der Waals surface area (Å²) < 4.78 is 6.98. The number of alkyl carbamates (subject to hydrolysis) is 1. The second-order valence-corrected chi connectivity index (χ2v) is 8.74. The molecule has 3 rings (SSSR count). The van der Waals surface area contributed by atoms with Crippen LogP contribution in [-0.4, -0.2) is 52.1 Å². The SMILES string of the molecule is CC(C)CC(NC(=O)OCc1ccccc1)C(=O)NC1Cc2cnn(c2)CCCNC(=O)C1=O. The Balaban J connectivity index is 1.68. The third-order valence-corrected chi connectivity index (χ3v) is 5.36. The Bertz CT molecular complexity index is 1000. The van der Waals surface area contributed by atoms with Crippen LogP contribution in [-0.2, 0) is 38.7 Å². The van der Waals surface area contributed by atoms with E-state index in [1.807, 2.05) is 44.2 Å². The van der Waals surface area contributed by atoms with Crippen LogP contribution in [0.1, 0.15) is 37.8 Å². The number of hydrogen-bond acceptors (Lipinski definition) is 6. The molecule has 3 amide bonds. The maximum Gasteiger partial charge on any atom is 0.408 e. The second-order valence-electron chi connectivity index (χ2n) is 8.74. The first-order valence-electron chi connectivity index (χ1n) is 11.4. The molecule has 0 radical (unpaired) electrons. The number of nitrogens with zero attached hydrogens (tertiary/aromatic N) is 2. The fourth-order valence-electron chi connectivity index (χ4n) is 3.65. The fraction of sp³-hybridized carbons (Fsp3) is 0.458. The van der Waals surface area contributed by atoms with Crippen LogP contribution in [0, 0.1) is 5.92 Å². The molecule has 1 aromatic carbocycles. The molecule has 0 fully saturated rings. The van der Waals surface area contributed by atoms with Crippen molar-refractivity contribution in [3.05, 3.63) is 53.9 Å². The van der Waals surface area contributed by atoms with Gasteiger partial charge in [-0.05, 0) is 29.9 Å². The van der Waals surface area contributed by atoms with Gasteiger partial charge in [0, 0.05) is 25.7 Å². The van der Waals surface area contributed by atoms with E-state index in [1.54, 1.807) is 17.1 Å². The predicted molar refractivity (Wildman–Crippen MR) is 124 cm³/mol. The Morgan fingerprint density at radius 1 is 1.24 bits per heavy atom. The van der Waals surface area contributed by atoms with Crippen molar-refractivity contribution in [2.45, 2.75) is 58.3 Å². The van der Waals surface area contributed by atoms with Gasteiger partial charge in [0.05, 0.1) is 6.20 Å². The number of aromatic nitrogens is 2. The zero-order valence-electron chi connectivity index (χ0n) is 19.5. The van der Waals surface area contributed by atoms with Crippen molar-refractivity contribution in [1.29, 1.82) is 0 Å². The first-order chi connectivity index (χ1) is 16.3. The van der Waals surface area contributed by atoms with Crippen LogP contribution in [0.15, 0.2) is 42.7 Å². The van der Waals surface area contributed by atoms with Crippen molar-refractivity contribution in [1.82, 2.24) is 25.7 Å². The zero-order valence-corrected chi connectivity index (χ0v) is 19.5. The van der Waals surface area contributed by atoms with Crippen LogP contribution in [0.2, 0.25) is 0 Å².